The molecule has 0 bridgehead atoms. The molecule has 14 heavy (non-hydrogen) atoms. The van der Waals surface area contributed by atoms with Crippen LogP contribution in [0.2, 0.25) is 5.02 Å². The fourth-order valence-electron chi connectivity index (χ4n) is 1.44. The molecule has 0 spiro atoms. The molecular weight excluding hydrogens is 198 g/mol. The van der Waals surface area contributed by atoms with Crippen LogP contribution in [0.5, 0.6) is 0 Å². The highest BCUT2D eigenvalue weighted by atomic mass is 35.5. The number of fused-ring (bicyclic) bond motifs is 1. The smallest absolute Gasteiger partial charge is 0.116 e. The first-order valence-corrected chi connectivity index (χ1v) is 4.79. The number of nitrogens with zero attached hydrogens (tertiary/aromatic N) is 2. The molecule has 1 aromatic carbocycles. The Labute approximate surface area is 86.9 Å². The van der Waals surface area contributed by atoms with Crippen molar-refractivity contribution >= 4 is 22.5 Å². The van der Waals surface area contributed by atoms with Crippen molar-refractivity contribution in [1.29, 1.82) is 0 Å². The summed E-state index contributed by atoms with van der Waals surface area (Å²) in [6.07, 6.45) is 2.28. The van der Waals surface area contributed by atoms with E-state index in [1.54, 1.807) is 0 Å². The number of rotatable bonds is 2. The number of hydrogen-bond donors (Lipinski definition) is 1. The number of para-hydroxylation sites is 1. The van der Waals surface area contributed by atoms with Crippen molar-refractivity contribution in [3.63, 3.8) is 0 Å². The van der Waals surface area contributed by atoms with Crippen LogP contribution in [0.3, 0.4) is 0 Å². The molecule has 0 saturated carbocycles. The number of benzene rings is 1. The first-order chi connectivity index (χ1) is 6.83. The molecule has 0 aliphatic heterocycles. The molecule has 0 radical (unpaired) electrons. The molecule has 1 heterocycles. The summed E-state index contributed by atoms with van der Waals surface area (Å²) in [5.41, 5.74) is 7.25. The molecule has 72 valence electrons. The third-order valence-corrected chi connectivity index (χ3v) is 2.38. The van der Waals surface area contributed by atoms with Gasteiger partial charge in [-0.1, -0.05) is 23.7 Å². The molecule has 0 fully saturated rings. The van der Waals surface area contributed by atoms with E-state index in [2.05, 4.69) is 9.97 Å². The van der Waals surface area contributed by atoms with Crippen LogP contribution < -0.4 is 5.73 Å². The van der Waals surface area contributed by atoms with Crippen LogP contribution >= 0.6 is 11.6 Å². The number of halogens is 1. The monoisotopic (exact) mass is 207 g/mol. The van der Waals surface area contributed by atoms with Gasteiger partial charge in [0.25, 0.3) is 0 Å². The molecular formula is C10H10ClN3. The largest absolute Gasteiger partial charge is 0.330 e. The fourth-order valence-corrected chi connectivity index (χ4v) is 1.66. The molecule has 2 N–H and O–H groups in total. The van der Waals surface area contributed by atoms with Crippen LogP contribution in [0.4, 0.5) is 0 Å². The van der Waals surface area contributed by atoms with Crippen LogP contribution in [0.15, 0.2) is 24.5 Å². The van der Waals surface area contributed by atoms with Gasteiger partial charge in [0.05, 0.1) is 16.2 Å². The second-order valence-electron chi connectivity index (χ2n) is 3.00. The normalized spacial score (nSPS) is 10.7. The van der Waals surface area contributed by atoms with Gasteiger partial charge in [-0.3, -0.25) is 0 Å². The van der Waals surface area contributed by atoms with Crippen LogP contribution in [0.1, 0.15) is 5.69 Å². The second kappa shape index (κ2) is 3.90. The molecule has 0 unspecified atom stereocenters. The maximum absolute atomic E-state index is 6.01. The maximum Gasteiger partial charge on any atom is 0.116 e. The van der Waals surface area contributed by atoms with Gasteiger partial charge in [-0.05, 0) is 12.6 Å². The maximum atomic E-state index is 6.01. The predicted molar refractivity (Wildman–Crippen MR) is 57.3 cm³/mol. The van der Waals surface area contributed by atoms with E-state index in [1.165, 1.54) is 6.33 Å². The summed E-state index contributed by atoms with van der Waals surface area (Å²) in [5.74, 6) is 0. The third kappa shape index (κ3) is 1.56. The zero-order valence-electron chi connectivity index (χ0n) is 7.57. The Bertz CT molecular complexity index is 456. The van der Waals surface area contributed by atoms with Crippen LogP contribution in [-0.4, -0.2) is 16.5 Å². The van der Waals surface area contributed by atoms with E-state index in [9.17, 15) is 0 Å². The molecule has 2 aromatic rings. The lowest BCUT2D eigenvalue weighted by Crippen LogP contribution is -2.05. The Morgan fingerprint density at radius 3 is 2.93 bits per heavy atom. The molecule has 0 amide bonds. The summed E-state index contributed by atoms with van der Waals surface area (Å²) in [6.45, 7) is 0.582. The highest BCUT2D eigenvalue weighted by Crippen LogP contribution is 2.22. The summed E-state index contributed by atoms with van der Waals surface area (Å²) in [6, 6.07) is 5.68. The molecule has 0 atom stereocenters. The zero-order chi connectivity index (χ0) is 9.97. The van der Waals surface area contributed by atoms with Crippen molar-refractivity contribution in [2.24, 2.45) is 5.73 Å². The molecule has 3 nitrogen and oxygen atoms in total. The van der Waals surface area contributed by atoms with Gasteiger partial charge in [0.15, 0.2) is 0 Å². The van der Waals surface area contributed by atoms with Crippen molar-refractivity contribution in [2.75, 3.05) is 6.54 Å². The summed E-state index contributed by atoms with van der Waals surface area (Å²) in [5, 5.41) is 1.65. The summed E-state index contributed by atoms with van der Waals surface area (Å²) >= 11 is 6.01. The van der Waals surface area contributed by atoms with E-state index in [0.717, 1.165) is 23.0 Å². The van der Waals surface area contributed by atoms with E-state index in [-0.39, 0.29) is 0 Å². The predicted octanol–water partition coefficient (Wildman–Crippen LogP) is 1.78. The van der Waals surface area contributed by atoms with Crippen molar-refractivity contribution in [3.05, 3.63) is 35.2 Å². The Hall–Kier alpha value is -1.19. The Balaban J connectivity index is 2.68. The van der Waals surface area contributed by atoms with E-state index >= 15 is 0 Å². The highest BCUT2D eigenvalue weighted by Gasteiger charge is 2.04. The molecule has 0 aliphatic rings. The van der Waals surface area contributed by atoms with Gasteiger partial charge in [-0.25, -0.2) is 9.97 Å². The highest BCUT2D eigenvalue weighted by molar-refractivity contribution is 6.35. The van der Waals surface area contributed by atoms with Gasteiger partial charge in [0.2, 0.25) is 0 Å². The number of nitrogens with two attached hydrogens (primary N) is 1. The summed E-state index contributed by atoms with van der Waals surface area (Å²) in [7, 11) is 0. The zero-order valence-corrected chi connectivity index (χ0v) is 8.33. The average molecular weight is 208 g/mol. The average Bonchev–Trinajstić information content (AvgIpc) is 2.20. The standard InChI is InChI=1S/C10H10ClN3/c11-8-3-1-2-7-9(4-5-12)13-6-14-10(7)8/h1-3,6H,4-5,12H2. The first-order valence-electron chi connectivity index (χ1n) is 4.41. The lowest BCUT2D eigenvalue weighted by Gasteiger charge is -2.03. The minimum atomic E-state index is 0.582. The fraction of sp³-hybridized carbons (Fsp3) is 0.200. The lowest BCUT2D eigenvalue weighted by molar-refractivity contribution is 0.926. The van der Waals surface area contributed by atoms with E-state index < -0.39 is 0 Å². The minimum Gasteiger partial charge on any atom is -0.330 e. The van der Waals surface area contributed by atoms with Gasteiger partial charge in [0, 0.05) is 11.8 Å². The second-order valence-corrected chi connectivity index (χ2v) is 3.40. The van der Waals surface area contributed by atoms with E-state index in [4.69, 9.17) is 17.3 Å². The van der Waals surface area contributed by atoms with Crippen molar-refractivity contribution in [2.45, 2.75) is 6.42 Å². The summed E-state index contributed by atoms with van der Waals surface area (Å²) < 4.78 is 0. The first kappa shape index (κ1) is 9.37. The summed E-state index contributed by atoms with van der Waals surface area (Å²) in [4.78, 5) is 8.33. The van der Waals surface area contributed by atoms with Crippen molar-refractivity contribution in [3.8, 4) is 0 Å². The van der Waals surface area contributed by atoms with Crippen LogP contribution in [0, 0.1) is 0 Å². The van der Waals surface area contributed by atoms with Crippen molar-refractivity contribution < 1.29 is 0 Å². The molecule has 2 rings (SSSR count). The number of hydrogen-bond acceptors (Lipinski definition) is 3. The minimum absolute atomic E-state index is 0.582. The Morgan fingerprint density at radius 1 is 1.29 bits per heavy atom. The van der Waals surface area contributed by atoms with E-state index in [1.807, 2.05) is 18.2 Å². The molecule has 4 heteroatoms. The molecule has 0 aliphatic carbocycles. The van der Waals surface area contributed by atoms with Crippen LogP contribution in [-0.2, 0) is 6.42 Å². The topological polar surface area (TPSA) is 51.8 Å². The van der Waals surface area contributed by atoms with Gasteiger partial charge >= 0.3 is 0 Å². The van der Waals surface area contributed by atoms with Gasteiger partial charge < -0.3 is 5.73 Å². The van der Waals surface area contributed by atoms with Crippen LogP contribution in [0.25, 0.3) is 10.9 Å². The van der Waals surface area contributed by atoms with E-state index in [0.29, 0.717) is 11.6 Å². The Morgan fingerprint density at radius 2 is 2.14 bits per heavy atom. The quantitative estimate of drug-likeness (QED) is 0.817. The van der Waals surface area contributed by atoms with Gasteiger partial charge in [-0.2, -0.15) is 0 Å². The molecule has 0 saturated heterocycles. The van der Waals surface area contributed by atoms with Crippen molar-refractivity contribution in [1.82, 2.24) is 9.97 Å². The Kier molecular flexibility index (Phi) is 2.61. The van der Waals surface area contributed by atoms with Gasteiger partial charge in [0.1, 0.15) is 6.33 Å². The lowest BCUT2D eigenvalue weighted by atomic mass is 10.1. The number of aromatic nitrogens is 2. The van der Waals surface area contributed by atoms with Gasteiger partial charge in [-0.15, -0.1) is 0 Å². The SMILES string of the molecule is NCCc1ncnc2c(Cl)cccc12. The molecule has 1 aromatic heterocycles. The third-order valence-electron chi connectivity index (χ3n) is 2.08.